The topological polar surface area (TPSA) is 64.3 Å². The number of ether oxygens (including phenoxy) is 1. The molecule has 120 valence electrons. The van der Waals surface area contributed by atoms with E-state index in [0.717, 1.165) is 24.3 Å². The number of aryl methyl sites for hydroxylation is 1. The number of thiophene rings is 1. The quantitative estimate of drug-likeness (QED) is 0.773. The van der Waals surface area contributed by atoms with Crippen molar-refractivity contribution in [1.82, 2.24) is 0 Å². The molecule has 0 fully saturated rings. The maximum atomic E-state index is 11.8. The molecule has 0 radical (unpaired) electrons. The molecule has 0 spiro atoms. The van der Waals surface area contributed by atoms with E-state index in [1.165, 1.54) is 4.88 Å². The van der Waals surface area contributed by atoms with Gasteiger partial charge in [0.25, 0.3) is 0 Å². The SMILES string of the molecule is Cl.NCCOc1ccc(NC(=O)CCCc2cccs2)cc1. The number of nitrogens with two attached hydrogens (primary N) is 1. The third kappa shape index (κ3) is 6.47. The maximum Gasteiger partial charge on any atom is 0.224 e. The highest BCUT2D eigenvalue weighted by molar-refractivity contribution is 7.09. The Balaban J connectivity index is 0.00000242. The summed E-state index contributed by atoms with van der Waals surface area (Å²) in [4.78, 5) is 13.2. The third-order valence-electron chi connectivity index (χ3n) is 2.93. The minimum Gasteiger partial charge on any atom is -0.492 e. The highest BCUT2D eigenvalue weighted by Gasteiger charge is 2.03. The fourth-order valence-corrected chi connectivity index (χ4v) is 2.66. The lowest BCUT2D eigenvalue weighted by Crippen LogP contribution is -2.12. The summed E-state index contributed by atoms with van der Waals surface area (Å²) >= 11 is 1.73. The lowest BCUT2D eigenvalue weighted by molar-refractivity contribution is -0.116. The van der Waals surface area contributed by atoms with Crippen LogP contribution in [0.5, 0.6) is 5.75 Å². The Bertz CT molecular complexity index is 544. The second-order valence-electron chi connectivity index (χ2n) is 4.64. The summed E-state index contributed by atoms with van der Waals surface area (Å²) in [6.45, 7) is 0.983. The highest BCUT2D eigenvalue weighted by atomic mass is 35.5. The van der Waals surface area contributed by atoms with Crippen molar-refractivity contribution >= 4 is 35.3 Å². The van der Waals surface area contributed by atoms with E-state index in [0.29, 0.717) is 19.6 Å². The van der Waals surface area contributed by atoms with E-state index in [1.807, 2.05) is 30.3 Å². The standard InChI is InChI=1S/C16H20N2O2S.ClH/c17-10-11-20-14-8-6-13(7-9-14)18-16(19)5-1-3-15-4-2-12-21-15;/h2,4,6-9,12H,1,3,5,10-11,17H2,(H,18,19);1H. The van der Waals surface area contributed by atoms with Gasteiger partial charge in [-0.05, 0) is 48.6 Å². The molecule has 0 aliphatic rings. The van der Waals surface area contributed by atoms with Crippen molar-refractivity contribution in [2.24, 2.45) is 5.73 Å². The van der Waals surface area contributed by atoms with Gasteiger partial charge in [-0.25, -0.2) is 0 Å². The minimum absolute atomic E-state index is 0. The monoisotopic (exact) mass is 340 g/mol. The predicted molar refractivity (Wildman–Crippen MR) is 94.1 cm³/mol. The van der Waals surface area contributed by atoms with E-state index in [-0.39, 0.29) is 18.3 Å². The first-order valence-electron chi connectivity index (χ1n) is 7.03. The van der Waals surface area contributed by atoms with Crippen LogP contribution in [0.25, 0.3) is 0 Å². The summed E-state index contributed by atoms with van der Waals surface area (Å²) in [7, 11) is 0. The Labute approximate surface area is 141 Å². The molecule has 22 heavy (non-hydrogen) atoms. The number of carbonyl (C=O) groups is 1. The van der Waals surface area contributed by atoms with Crippen LogP contribution in [0.1, 0.15) is 17.7 Å². The highest BCUT2D eigenvalue weighted by Crippen LogP contribution is 2.16. The van der Waals surface area contributed by atoms with Gasteiger partial charge in [-0.15, -0.1) is 23.7 Å². The van der Waals surface area contributed by atoms with Crippen molar-refractivity contribution in [2.75, 3.05) is 18.5 Å². The summed E-state index contributed by atoms with van der Waals surface area (Å²) in [5, 5.41) is 4.95. The third-order valence-corrected chi connectivity index (χ3v) is 3.87. The van der Waals surface area contributed by atoms with Crippen LogP contribution in [0.15, 0.2) is 41.8 Å². The van der Waals surface area contributed by atoms with E-state index in [1.54, 1.807) is 11.3 Å². The van der Waals surface area contributed by atoms with Crippen LogP contribution in [0.4, 0.5) is 5.69 Å². The summed E-state index contributed by atoms with van der Waals surface area (Å²) in [5.41, 5.74) is 6.16. The van der Waals surface area contributed by atoms with Crippen LogP contribution in [-0.4, -0.2) is 19.1 Å². The first kappa shape index (κ1) is 18.5. The molecule has 6 heteroatoms. The van der Waals surface area contributed by atoms with Crippen LogP contribution in [0.3, 0.4) is 0 Å². The van der Waals surface area contributed by atoms with Gasteiger partial charge in [0, 0.05) is 23.5 Å². The molecule has 4 nitrogen and oxygen atoms in total. The predicted octanol–water partition coefficient (Wildman–Crippen LogP) is 3.47. The summed E-state index contributed by atoms with van der Waals surface area (Å²) in [6.07, 6.45) is 2.35. The van der Waals surface area contributed by atoms with E-state index < -0.39 is 0 Å². The van der Waals surface area contributed by atoms with Gasteiger partial charge in [-0.2, -0.15) is 0 Å². The summed E-state index contributed by atoms with van der Waals surface area (Å²) < 4.78 is 5.38. The first-order valence-corrected chi connectivity index (χ1v) is 7.91. The Morgan fingerprint density at radius 3 is 2.64 bits per heavy atom. The van der Waals surface area contributed by atoms with Crippen molar-refractivity contribution in [3.8, 4) is 5.75 Å². The van der Waals surface area contributed by atoms with Crippen molar-refractivity contribution < 1.29 is 9.53 Å². The van der Waals surface area contributed by atoms with Crippen LogP contribution >= 0.6 is 23.7 Å². The number of benzene rings is 1. The van der Waals surface area contributed by atoms with Gasteiger partial charge < -0.3 is 15.8 Å². The first-order chi connectivity index (χ1) is 10.3. The van der Waals surface area contributed by atoms with Crippen LogP contribution in [-0.2, 0) is 11.2 Å². The van der Waals surface area contributed by atoms with Crippen LogP contribution in [0, 0.1) is 0 Å². The smallest absolute Gasteiger partial charge is 0.224 e. The maximum absolute atomic E-state index is 11.8. The fourth-order valence-electron chi connectivity index (χ4n) is 1.91. The molecule has 1 aromatic carbocycles. The summed E-state index contributed by atoms with van der Waals surface area (Å²) in [6, 6.07) is 11.5. The number of rotatable bonds is 8. The van der Waals surface area contributed by atoms with Gasteiger partial charge in [0.05, 0.1) is 0 Å². The molecular weight excluding hydrogens is 320 g/mol. The van der Waals surface area contributed by atoms with E-state index in [4.69, 9.17) is 10.5 Å². The second kappa shape index (κ2) is 10.2. The Kier molecular flexibility index (Phi) is 8.58. The molecule has 0 saturated heterocycles. The number of carbonyl (C=O) groups excluding carboxylic acids is 1. The molecule has 0 aliphatic carbocycles. The van der Waals surface area contributed by atoms with Crippen molar-refractivity contribution in [1.29, 1.82) is 0 Å². The number of hydrogen-bond acceptors (Lipinski definition) is 4. The van der Waals surface area contributed by atoms with Gasteiger partial charge in [0.15, 0.2) is 0 Å². The minimum atomic E-state index is 0. The Morgan fingerprint density at radius 1 is 1.23 bits per heavy atom. The van der Waals surface area contributed by atoms with E-state index in [9.17, 15) is 4.79 Å². The number of hydrogen-bond donors (Lipinski definition) is 2. The van der Waals surface area contributed by atoms with Crippen molar-refractivity contribution in [3.63, 3.8) is 0 Å². The summed E-state index contributed by atoms with van der Waals surface area (Å²) in [5.74, 6) is 0.804. The van der Waals surface area contributed by atoms with Crippen molar-refractivity contribution in [3.05, 3.63) is 46.7 Å². The average Bonchev–Trinajstić information content (AvgIpc) is 3.00. The Morgan fingerprint density at radius 2 is 2.00 bits per heavy atom. The molecular formula is C16H21ClN2O2S. The molecule has 0 saturated carbocycles. The van der Waals surface area contributed by atoms with Crippen molar-refractivity contribution in [2.45, 2.75) is 19.3 Å². The molecule has 0 aliphatic heterocycles. The molecule has 0 atom stereocenters. The lowest BCUT2D eigenvalue weighted by atomic mass is 10.2. The molecule has 1 heterocycles. The molecule has 2 aromatic rings. The van der Waals surface area contributed by atoms with Crippen LogP contribution < -0.4 is 15.8 Å². The normalized spacial score (nSPS) is 9.86. The van der Waals surface area contributed by atoms with E-state index in [2.05, 4.69) is 16.8 Å². The van der Waals surface area contributed by atoms with Gasteiger partial charge in [-0.1, -0.05) is 6.07 Å². The zero-order chi connectivity index (χ0) is 14.9. The van der Waals surface area contributed by atoms with Gasteiger partial charge in [0.1, 0.15) is 12.4 Å². The number of anilines is 1. The van der Waals surface area contributed by atoms with Gasteiger partial charge >= 0.3 is 0 Å². The molecule has 2 rings (SSSR count). The molecule has 3 N–H and O–H groups in total. The largest absolute Gasteiger partial charge is 0.492 e. The zero-order valence-electron chi connectivity index (χ0n) is 12.3. The Hall–Kier alpha value is -1.56. The number of nitrogens with one attached hydrogen (secondary N) is 1. The van der Waals surface area contributed by atoms with Gasteiger partial charge in [-0.3, -0.25) is 4.79 Å². The number of halogens is 1. The fraction of sp³-hybridized carbons (Fsp3) is 0.312. The lowest BCUT2D eigenvalue weighted by Gasteiger charge is -2.07. The van der Waals surface area contributed by atoms with Gasteiger partial charge in [0.2, 0.25) is 5.91 Å². The number of amides is 1. The molecule has 1 amide bonds. The van der Waals surface area contributed by atoms with Crippen LogP contribution in [0.2, 0.25) is 0 Å². The second-order valence-corrected chi connectivity index (χ2v) is 5.67. The zero-order valence-corrected chi connectivity index (χ0v) is 13.9. The van der Waals surface area contributed by atoms with E-state index >= 15 is 0 Å². The molecule has 0 unspecified atom stereocenters. The molecule has 0 bridgehead atoms. The molecule has 1 aromatic heterocycles. The average molecular weight is 341 g/mol.